The van der Waals surface area contributed by atoms with E-state index in [0.717, 1.165) is 25.2 Å². The normalized spacial score (nSPS) is 22.2. The third-order valence-corrected chi connectivity index (χ3v) is 5.09. The van der Waals surface area contributed by atoms with Gasteiger partial charge in [-0.3, -0.25) is 4.79 Å². The average molecular weight is 317 g/mol. The fourth-order valence-electron chi connectivity index (χ4n) is 3.58. The Morgan fingerprint density at radius 1 is 1.19 bits per heavy atom. The van der Waals surface area contributed by atoms with Gasteiger partial charge in [-0.05, 0) is 37.5 Å². The van der Waals surface area contributed by atoms with Crippen LogP contribution in [0.2, 0.25) is 0 Å². The maximum atomic E-state index is 12.4. The van der Waals surface area contributed by atoms with Gasteiger partial charge in [-0.25, -0.2) is 0 Å². The summed E-state index contributed by atoms with van der Waals surface area (Å²) < 4.78 is 0. The summed E-state index contributed by atoms with van der Waals surface area (Å²) >= 11 is 0. The zero-order valence-corrected chi connectivity index (χ0v) is 14.3. The molecule has 0 bridgehead atoms. The lowest BCUT2D eigenvalue weighted by Gasteiger charge is -2.26. The van der Waals surface area contributed by atoms with Gasteiger partial charge in [-0.15, -0.1) is 12.4 Å². The van der Waals surface area contributed by atoms with Crippen LogP contribution in [0.25, 0.3) is 0 Å². The summed E-state index contributed by atoms with van der Waals surface area (Å²) in [6.07, 6.45) is 12.5. The molecule has 2 saturated carbocycles. The van der Waals surface area contributed by atoms with Crippen LogP contribution in [0.3, 0.4) is 0 Å². The van der Waals surface area contributed by atoms with E-state index in [1.165, 1.54) is 44.9 Å². The van der Waals surface area contributed by atoms with Crippen molar-refractivity contribution in [3.8, 4) is 0 Å². The van der Waals surface area contributed by atoms with E-state index in [9.17, 15) is 4.79 Å². The molecule has 1 amide bonds. The lowest BCUT2D eigenvalue weighted by molar-refractivity contribution is -0.126. The Labute approximate surface area is 136 Å². The van der Waals surface area contributed by atoms with Gasteiger partial charge in [0.25, 0.3) is 0 Å². The fraction of sp³-hybridized carbons (Fsp3) is 0.941. The van der Waals surface area contributed by atoms with Gasteiger partial charge in [0.1, 0.15) is 0 Å². The monoisotopic (exact) mass is 316 g/mol. The molecule has 3 nitrogen and oxygen atoms in total. The highest BCUT2D eigenvalue weighted by Crippen LogP contribution is 2.32. The number of nitrogens with one attached hydrogen (secondary N) is 1. The zero-order chi connectivity index (χ0) is 14.4. The Kier molecular flexibility index (Phi) is 8.65. The first-order chi connectivity index (χ1) is 9.70. The molecular formula is C17H33ClN2O. The molecule has 3 N–H and O–H groups in total. The van der Waals surface area contributed by atoms with E-state index in [-0.39, 0.29) is 30.3 Å². The van der Waals surface area contributed by atoms with Crippen molar-refractivity contribution in [3.63, 3.8) is 0 Å². The maximum Gasteiger partial charge on any atom is 0.223 e. The Morgan fingerprint density at radius 2 is 1.86 bits per heavy atom. The van der Waals surface area contributed by atoms with Gasteiger partial charge in [0.2, 0.25) is 5.91 Å². The van der Waals surface area contributed by atoms with Crippen LogP contribution in [-0.2, 0) is 4.79 Å². The van der Waals surface area contributed by atoms with E-state index < -0.39 is 0 Å². The molecule has 4 heteroatoms. The van der Waals surface area contributed by atoms with Gasteiger partial charge in [-0.1, -0.05) is 45.4 Å². The van der Waals surface area contributed by atoms with Crippen LogP contribution in [0.15, 0.2) is 0 Å². The van der Waals surface area contributed by atoms with Crippen LogP contribution in [0.4, 0.5) is 0 Å². The minimum absolute atomic E-state index is 0. The van der Waals surface area contributed by atoms with Crippen molar-refractivity contribution in [1.29, 1.82) is 0 Å². The van der Waals surface area contributed by atoms with E-state index in [1.54, 1.807) is 0 Å². The van der Waals surface area contributed by atoms with E-state index in [0.29, 0.717) is 12.5 Å². The van der Waals surface area contributed by atoms with Crippen LogP contribution in [0.5, 0.6) is 0 Å². The second-order valence-electron chi connectivity index (χ2n) is 6.97. The van der Waals surface area contributed by atoms with Crippen LogP contribution >= 0.6 is 12.4 Å². The number of amides is 1. The first kappa shape index (κ1) is 18.8. The standard InChI is InChI=1S/C17H32N2O.ClH/c1-2-6-15(11-13-7-4-3-5-8-13)17(20)19-12-16(18)14-9-10-14;/h13-16H,2-12,18H2,1H3,(H,19,20);1H. The quantitative estimate of drug-likeness (QED) is 0.718. The molecule has 2 fully saturated rings. The summed E-state index contributed by atoms with van der Waals surface area (Å²) in [5, 5.41) is 3.11. The minimum atomic E-state index is 0. The highest BCUT2D eigenvalue weighted by Gasteiger charge is 2.29. The van der Waals surface area contributed by atoms with Crippen molar-refractivity contribution >= 4 is 18.3 Å². The van der Waals surface area contributed by atoms with Crippen LogP contribution in [-0.4, -0.2) is 18.5 Å². The summed E-state index contributed by atoms with van der Waals surface area (Å²) in [5.41, 5.74) is 6.07. The third-order valence-electron chi connectivity index (χ3n) is 5.09. The predicted octanol–water partition coefficient (Wildman–Crippen LogP) is 3.65. The molecule has 124 valence electrons. The van der Waals surface area contributed by atoms with Gasteiger partial charge in [0.15, 0.2) is 0 Å². The molecule has 0 aromatic heterocycles. The molecule has 2 atom stereocenters. The number of nitrogens with two attached hydrogens (primary N) is 1. The Hall–Kier alpha value is -0.280. The lowest BCUT2D eigenvalue weighted by atomic mass is 9.81. The fourth-order valence-corrected chi connectivity index (χ4v) is 3.58. The molecule has 0 radical (unpaired) electrons. The summed E-state index contributed by atoms with van der Waals surface area (Å²) in [4.78, 5) is 12.4. The molecule has 0 aliphatic heterocycles. The van der Waals surface area contributed by atoms with Gasteiger partial charge < -0.3 is 11.1 Å². The number of hydrogen-bond donors (Lipinski definition) is 2. The number of halogens is 1. The molecule has 0 spiro atoms. The first-order valence-corrected chi connectivity index (χ1v) is 8.74. The van der Waals surface area contributed by atoms with E-state index in [1.807, 2.05) is 0 Å². The number of carbonyl (C=O) groups excluding carboxylic acids is 1. The topological polar surface area (TPSA) is 55.1 Å². The summed E-state index contributed by atoms with van der Waals surface area (Å²) in [6, 6.07) is 0.177. The maximum absolute atomic E-state index is 12.4. The summed E-state index contributed by atoms with van der Waals surface area (Å²) in [5.74, 6) is 1.92. The largest absolute Gasteiger partial charge is 0.354 e. The van der Waals surface area contributed by atoms with Gasteiger partial charge in [0, 0.05) is 18.5 Å². The van der Waals surface area contributed by atoms with E-state index in [2.05, 4.69) is 12.2 Å². The number of rotatable bonds is 8. The van der Waals surface area contributed by atoms with Crippen molar-refractivity contribution < 1.29 is 4.79 Å². The molecule has 2 aliphatic rings. The number of carbonyl (C=O) groups is 1. The van der Waals surface area contributed by atoms with Crippen molar-refractivity contribution in [1.82, 2.24) is 5.32 Å². The van der Waals surface area contributed by atoms with Crippen molar-refractivity contribution in [2.45, 2.75) is 77.2 Å². The molecular weight excluding hydrogens is 284 g/mol. The third kappa shape index (κ3) is 6.56. The van der Waals surface area contributed by atoms with E-state index in [4.69, 9.17) is 5.73 Å². The van der Waals surface area contributed by atoms with Crippen LogP contribution < -0.4 is 11.1 Å². The lowest BCUT2D eigenvalue weighted by Crippen LogP contribution is -2.41. The molecule has 21 heavy (non-hydrogen) atoms. The van der Waals surface area contributed by atoms with Crippen molar-refractivity contribution in [3.05, 3.63) is 0 Å². The van der Waals surface area contributed by atoms with Crippen molar-refractivity contribution in [2.24, 2.45) is 23.5 Å². The molecule has 0 aromatic carbocycles. The molecule has 2 rings (SSSR count). The summed E-state index contributed by atoms with van der Waals surface area (Å²) in [7, 11) is 0. The highest BCUT2D eigenvalue weighted by molar-refractivity contribution is 5.85. The number of hydrogen-bond acceptors (Lipinski definition) is 2. The van der Waals surface area contributed by atoms with Gasteiger partial charge >= 0.3 is 0 Å². The summed E-state index contributed by atoms with van der Waals surface area (Å²) in [6.45, 7) is 2.85. The minimum Gasteiger partial charge on any atom is -0.354 e. The van der Waals surface area contributed by atoms with Crippen LogP contribution in [0, 0.1) is 17.8 Å². The smallest absolute Gasteiger partial charge is 0.223 e. The predicted molar refractivity (Wildman–Crippen MR) is 90.5 cm³/mol. The Balaban J connectivity index is 0.00000220. The second kappa shape index (κ2) is 9.68. The highest BCUT2D eigenvalue weighted by atomic mass is 35.5. The first-order valence-electron chi connectivity index (χ1n) is 8.74. The zero-order valence-electron chi connectivity index (χ0n) is 13.5. The van der Waals surface area contributed by atoms with Crippen molar-refractivity contribution in [2.75, 3.05) is 6.54 Å². The van der Waals surface area contributed by atoms with Crippen LogP contribution in [0.1, 0.15) is 71.1 Å². The van der Waals surface area contributed by atoms with Gasteiger partial charge in [-0.2, -0.15) is 0 Å². The molecule has 2 aliphatic carbocycles. The average Bonchev–Trinajstić information content (AvgIpc) is 3.29. The molecule has 0 heterocycles. The molecule has 0 saturated heterocycles. The Morgan fingerprint density at radius 3 is 2.43 bits per heavy atom. The molecule has 0 aromatic rings. The second-order valence-corrected chi connectivity index (χ2v) is 6.97. The SMILES string of the molecule is CCCC(CC1CCCCC1)C(=O)NCC(N)C1CC1.Cl. The Bertz CT molecular complexity index is 301. The van der Waals surface area contributed by atoms with Gasteiger partial charge in [0.05, 0.1) is 0 Å². The van der Waals surface area contributed by atoms with E-state index >= 15 is 0 Å². The molecule has 2 unspecified atom stereocenters.